The summed E-state index contributed by atoms with van der Waals surface area (Å²) >= 11 is 0. The van der Waals surface area contributed by atoms with Crippen LogP contribution >= 0.6 is 0 Å². The molecule has 4 atom stereocenters. The van der Waals surface area contributed by atoms with Crippen molar-refractivity contribution in [3.63, 3.8) is 0 Å². The molecular formula is C10H14N3O4. The van der Waals surface area contributed by atoms with Crippen molar-refractivity contribution < 1.29 is 14.9 Å². The van der Waals surface area contributed by atoms with Crippen molar-refractivity contribution in [1.29, 1.82) is 0 Å². The Morgan fingerprint density at radius 3 is 2.88 bits per heavy atom. The Balaban J connectivity index is 2.32. The van der Waals surface area contributed by atoms with Crippen molar-refractivity contribution in [1.82, 2.24) is 9.55 Å². The van der Waals surface area contributed by atoms with E-state index < -0.39 is 30.7 Å². The first-order valence-electron chi connectivity index (χ1n) is 5.31. The summed E-state index contributed by atoms with van der Waals surface area (Å²) in [6.45, 7) is 1.17. The maximum absolute atomic E-state index is 11.6. The molecule has 1 aliphatic rings. The lowest BCUT2D eigenvalue weighted by atomic mass is 10.0. The molecule has 1 fully saturated rings. The smallest absolute Gasteiger partial charge is 0.351 e. The zero-order chi connectivity index (χ0) is 12.6. The van der Waals surface area contributed by atoms with Crippen molar-refractivity contribution in [2.75, 3.05) is 12.3 Å². The van der Waals surface area contributed by atoms with Crippen molar-refractivity contribution in [3.8, 4) is 0 Å². The van der Waals surface area contributed by atoms with Gasteiger partial charge in [-0.3, -0.25) is 4.57 Å². The minimum Gasteiger partial charge on any atom is -0.390 e. The lowest BCUT2D eigenvalue weighted by molar-refractivity contribution is -0.0610. The molecule has 0 aliphatic carbocycles. The second kappa shape index (κ2) is 4.44. The van der Waals surface area contributed by atoms with Gasteiger partial charge in [-0.1, -0.05) is 6.92 Å². The number of anilines is 1. The standard InChI is InChI=1S/C10H14N3O4/c1-5-8(15)6(4-14)17-9(5)13-3-2-7(11)12-10(13)16/h2-3,5-6,8-9,15H,4H2,1H3,(H2,11,12,16)/t5-,6-,8+,9-/m1/s1. The average molecular weight is 240 g/mol. The average Bonchev–Trinajstić information content (AvgIpc) is 2.57. The monoisotopic (exact) mass is 240 g/mol. The molecular weight excluding hydrogens is 226 g/mol. The van der Waals surface area contributed by atoms with Gasteiger partial charge in [0.1, 0.15) is 24.8 Å². The zero-order valence-electron chi connectivity index (χ0n) is 9.31. The van der Waals surface area contributed by atoms with E-state index in [2.05, 4.69) is 4.98 Å². The van der Waals surface area contributed by atoms with Gasteiger partial charge in [-0.2, -0.15) is 4.98 Å². The molecule has 0 spiro atoms. The first-order chi connectivity index (χ1) is 8.04. The number of aromatic nitrogens is 2. The van der Waals surface area contributed by atoms with Crippen LogP contribution in [0, 0.1) is 5.92 Å². The number of hydrogen-bond acceptors (Lipinski definition) is 5. The van der Waals surface area contributed by atoms with Crippen LogP contribution in [0.25, 0.3) is 0 Å². The van der Waals surface area contributed by atoms with E-state index in [1.807, 2.05) is 0 Å². The Morgan fingerprint density at radius 1 is 1.65 bits per heavy atom. The number of nitrogens with zero attached hydrogens (tertiary/aromatic N) is 2. The summed E-state index contributed by atoms with van der Waals surface area (Å²) in [5.41, 5.74) is 4.82. The highest BCUT2D eigenvalue weighted by atomic mass is 16.5. The molecule has 2 rings (SSSR count). The van der Waals surface area contributed by atoms with Crippen LogP contribution < -0.4 is 11.4 Å². The SMILES string of the molecule is C[C@@H]1[C@H](O)[C@@H](C[O])O[C@H]1n1ccc(N)nc1=O. The summed E-state index contributed by atoms with van der Waals surface area (Å²) in [5.74, 6) is -0.227. The highest BCUT2D eigenvalue weighted by Crippen LogP contribution is 2.33. The summed E-state index contributed by atoms with van der Waals surface area (Å²) in [5, 5.41) is 20.5. The van der Waals surface area contributed by atoms with Crippen LogP contribution in [0.2, 0.25) is 0 Å². The summed E-state index contributed by atoms with van der Waals surface area (Å²) in [4.78, 5) is 15.2. The zero-order valence-corrected chi connectivity index (χ0v) is 9.31. The molecule has 7 heteroatoms. The fourth-order valence-corrected chi connectivity index (χ4v) is 1.97. The van der Waals surface area contributed by atoms with E-state index in [-0.39, 0.29) is 11.7 Å². The van der Waals surface area contributed by atoms with Gasteiger partial charge in [-0.05, 0) is 6.07 Å². The Morgan fingerprint density at radius 2 is 2.35 bits per heavy atom. The Kier molecular flexibility index (Phi) is 3.14. The molecule has 0 bridgehead atoms. The lowest BCUT2D eigenvalue weighted by Crippen LogP contribution is -2.30. The molecule has 1 aromatic heterocycles. The highest BCUT2D eigenvalue weighted by Gasteiger charge is 2.42. The van der Waals surface area contributed by atoms with E-state index >= 15 is 0 Å². The molecule has 1 saturated heterocycles. The largest absolute Gasteiger partial charge is 0.390 e. The molecule has 0 amide bonds. The van der Waals surface area contributed by atoms with Gasteiger partial charge in [-0.15, -0.1) is 0 Å². The molecule has 3 N–H and O–H groups in total. The van der Waals surface area contributed by atoms with Crippen LogP contribution in [0.3, 0.4) is 0 Å². The van der Waals surface area contributed by atoms with E-state index in [1.54, 1.807) is 6.92 Å². The van der Waals surface area contributed by atoms with E-state index in [1.165, 1.54) is 16.8 Å². The Bertz CT molecular complexity index is 461. The summed E-state index contributed by atoms with van der Waals surface area (Å²) < 4.78 is 6.60. The Hall–Kier alpha value is -1.44. The second-order valence-corrected chi connectivity index (χ2v) is 4.12. The lowest BCUT2D eigenvalue weighted by Gasteiger charge is -2.17. The normalized spacial score (nSPS) is 32.9. The topological polar surface area (TPSA) is 110 Å². The molecule has 93 valence electrons. The number of aliphatic hydroxyl groups excluding tert-OH is 1. The second-order valence-electron chi connectivity index (χ2n) is 4.12. The molecule has 1 radical (unpaired) electrons. The number of nitrogen functional groups attached to an aromatic ring is 1. The summed E-state index contributed by atoms with van der Waals surface area (Å²) in [6.07, 6.45) is -0.892. The quantitative estimate of drug-likeness (QED) is 0.699. The fourth-order valence-electron chi connectivity index (χ4n) is 1.97. The third-order valence-corrected chi connectivity index (χ3v) is 2.97. The Labute approximate surface area is 97.5 Å². The van der Waals surface area contributed by atoms with Crippen LogP contribution in [-0.2, 0) is 9.84 Å². The summed E-state index contributed by atoms with van der Waals surface area (Å²) in [7, 11) is 0. The minimum absolute atomic E-state index is 0.123. The molecule has 0 saturated carbocycles. The van der Waals surface area contributed by atoms with Crippen LogP contribution in [0.5, 0.6) is 0 Å². The highest BCUT2D eigenvalue weighted by molar-refractivity contribution is 5.23. The number of aliphatic hydroxyl groups is 1. The number of hydrogen-bond donors (Lipinski definition) is 2. The molecule has 1 aliphatic heterocycles. The molecule has 0 aromatic carbocycles. The van der Waals surface area contributed by atoms with E-state index in [9.17, 15) is 15.0 Å². The molecule has 2 heterocycles. The molecule has 7 nitrogen and oxygen atoms in total. The molecule has 17 heavy (non-hydrogen) atoms. The van der Waals surface area contributed by atoms with Gasteiger partial charge in [0.25, 0.3) is 0 Å². The predicted octanol–water partition coefficient (Wildman–Crippen LogP) is -0.850. The number of nitrogens with two attached hydrogens (primary N) is 1. The van der Waals surface area contributed by atoms with Gasteiger partial charge < -0.3 is 15.6 Å². The fraction of sp³-hybridized carbons (Fsp3) is 0.600. The van der Waals surface area contributed by atoms with Crippen molar-refractivity contribution in [3.05, 3.63) is 22.7 Å². The number of ether oxygens (including phenoxy) is 1. The predicted molar refractivity (Wildman–Crippen MR) is 57.5 cm³/mol. The van der Waals surface area contributed by atoms with Gasteiger partial charge in [0.05, 0.1) is 6.10 Å². The molecule has 1 aromatic rings. The first-order valence-corrected chi connectivity index (χ1v) is 5.31. The third kappa shape index (κ3) is 2.04. The maximum Gasteiger partial charge on any atom is 0.351 e. The van der Waals surface area contributed by atoms with Crippen LogP contribution in [0.4, 0.5) is 5.82 Å². The van der Waals surface area contributed by atoms with E-state index in [0.29, 0.717) is 0 Å². The summed E-state index contributed by atoms with van der Waals surface area (Å²) in [6, 6.07) is 1.47. The van der Waals surface area contributed by atoms with Crippen molar-refractivity contribution >= 4 is 5.82 Å². The van der Waals surface area contributed by atoms with Crippen LogP contribution in [0.1, 0.15) is 13.2 Å². The molecule has 0 unspecified atom stereocenters. The van der Waals surface area contributed by atoms with Crippen LogP contribution in [0.15, 0.2) is 17.1 Å². The third-order valence-electron chi connectivity index (χ3n) is 2.97. The van der Waals surface area contributed by atoms with Crippen LogP contribution in [-0.4, -0.2) is 33.5 Å². The van der Waals surface area contributed by atoms with Gasteiger partial charge in [-0.25, -0.2) is 9.90 Å². The minimum atomic E-state index is -0.873. The van der Waals surface area contributed by atoms with Gasteiger partial charge in [0.2, 0.25) is 0 Å². The van der Waals surface area contributed by atoms with Crippen molar-refractivity contribution in [2.24, 2.45) is 5.92 Å². The first kappa shape index (κ1) is 12.0. The maximum atomic E-state index is 11.6. The van der Waals surface area contributed by atoms with Gasteiger partial charge >= 0.3 is 5.69 Å². The van der Waals surface area contributed by atoms with E-state index in [0.717, 1.165) is 0 Å². The van der Waals surface area contributed by atoms with Crippen molar-refractivity contribution in [2.45, 2.75) is 25.4 Å². The van der Waals surface area contributed by atoms with Gasteiger partial charge in [0, 0.05) is 12.1 Å². The number of rotatable bonds is 2. The van der Waals surface area contributed by atoms with E-state index in [4.69, 9.17) is 10.5 Å². The van der Waals surface area contributed by atoms with Gasteiger partial charge in [0.15, 0.2) is 0 Å².